The summed E-state index contributed by atoms with van der Waals surface area (Å²) in [6.07, 6.45) is 2.79. The van der Waals surface area contributed by atoms with Gasteiger partial charge in [0.05, 0.1) is 18.2 Å². The molecule has 0 fully saturated rings. The van der Waals surface area contributed by atoms with Gasteiger partial charge in [-0.05, 0) is 59.4 Å². The fourth-order valence-corrected chi connectivity index (χ4v) is 5.22. The van der Waals surface area contributed by atoms with Gasteiger partial charge in [-0.2, -0.15) is 0 Å². The number of hydrogen-bond acceptors (Lipinski definition) is 5. The first-order valence-corrected chi connectivity index (χ1v) is 11.3. The van der Waals surface area contributed by atoms with Gasteiger partial charge in [0, 0.05) is 0 Å². The van der Waals surface area contributed by atoms with Crippen LogP contribution in [0.5, 0.6) is 5.75 Å². The van der Waals surface area contributed by atoms with Crippen molar-refractivity contribution in [3.8, 4) is 5.75 Å². The Morgan fingerprint density at radius 1 is 1.10 bits per heavy atom. The number of carbonyl (C=O) groups is 2. The SMILES string of the molecule is COc1ccccc1C(=O)Nc1scc(C2CCc3ccccc3C2)c1C(=O)OI. The minimum atomic E-state index is -0.443. The van der Waals surface area contributed by atoms with E-state index in [0.717, 1.165) is 24.8 Å². The van der Waals surface area contributed by atoms with E-state index in [1.165, 1.54) is 29.6 Å². The highest BCUT2D eigenvalue weighted by molar-refractivity contribution is 14.1. The first-order valence-electron chi connectivity index (χ1n) is 9.57. The summed E-state index contributed by atoms with van der Waals surface area (Å²) in [5, 5.41) is 5.36. The van der Waals surface area contributed by atoms with Crippen LogP contribution in [-0.2, 0) is 15.9 Å². The highest BCUT2D eigenvalue weighted by Gasteiger charge is 2.29. The Hall–Kier alpha value is -2.39. The number of thiophene rings is 1. The molecule has 2 aromatic carbocycles. The van der Waals surface area contributed by atoms with Crippen molar-refractivity contribution in [2.45, 2.75) is 25.2 Å². The Morgan fingerprint density at radius 2 is 1.83 bits per heavy atom. The van der Waals surface area contributed by atoms with Crippen molar-refractivity contribution in [3.05, 3.63) is 81.7 Å². The topological polar surface area (TPSA) is 64.6 Å². The van der Waals surface area contributed by atoms with E-state index in [9.17, 15) is 9.59 Å². The van der Waals surface area contributed by atoms with Crippen LogP contribution in [0.3, 0.4) is 0 Å². The second-order valence-electron chi connectivity index (χ2n) is 7.12. The van der Waals surface area contributed by atoms with E-state index in [1.54, 1.807) is 47.3 Å². The van der Waals surface area contributed by atoms with Crippen LogP contribution in [0.1, 0.15) is 49.7 Å². The van der Waals surface area contributed by atoms with Crippen molar-refractivity contribution in [3.63, 3.8) is 0 Å². The maximum absolute atomic E-state index is 12.9. The first kappa shape index (κ1) is 20.9. The molecule has 1 atom stereocenters. The molecule has 154 valence electrons. The van der Waals surface area contributed by atoms with Crippen LogP contribution < -0.4 is 10.1 Å². The minimum absolute atomic E-state index is 0.207. The van der Waals surface area contributed by atoms with Crippen LogP contribution in [0, 0.1) is 0 Å². The van der Waals surface area contributed by atoms with Gasteiger partial charge in [-0.1, -0.05) is 36.4 Å². The molecule has 0 radical (unpaired) electrons. The molecule has 0 bridgehead atoms. The van der Waals surface area contributed by atoms with E-state index in [4.69, 9.17) is 7.80 Å². The fourth-order valence-electron chi connectivity index (χ4n) is 3.98. The van der Waals surface area contributed by atoms with Gasteiger partial charge in [0.2, 0.25) is 0 Å². The molecule has 3 aromatic rings. The van der Waals surface area contributed by atoms with Gasteiger partial charge in [-0.3, -0.25) is 4.79 Å². The van der Waals surface area contributed by atoms with E-state index >= 15 is 0 Å². The number of carbonyl (C=O) groups excluding carboxylic acids is 2. The van der Waals surface area contributed by atoms with Crippen molar-refractivity contribution in [1.29, 1.82) is 0 Å². The number of halogens is 1. The van der Waals surface area contributed by atoms with Crippen LogP contribution in [-0.4, -0.2) is 19.0 Å². The highest BCUT2D eigenvalue weighted by Crippen LogP contribution is 2.40. The van der Waals surface area contributed by atoms with Gasteiger partial charge in [0.1, 0.15) is 10.8 Å². The van der Waals surface area contributed by atoms with E-state index in [1.807, 2.05) is 11.4 Å². The number of methoxy groups -OCH3 is 1. The van der Waals surface area contributed by atoms with Crippen LogP contribution in [0.4, 0.5) is 5.00 Å². The number of para-hydroxylation sites is 1. The quantitative estimate of drug-likeness (QED) is 0.422. The molecule has 1 N–H and O–H groups in total. The summed E-state index contributed by atoms with van der Waals surface area (Å²) in [4.78, 5) is 25.5. The van der Waals surface area contributed by atoms with Gasteiger partial charge in [-0.25, -0.2) is 4.79 Å². The maximum atomic E-state index is 12.9. The molecule has 0 spiro atoms. The van der Waals surface area contributed by atoms with Crippen LogP contribution in [0.15, 0.2) is 53.9 Å². The number of aryl methyl sites for hydroxylation is 1. The average molecular weight is 533 g/mol. The molecule has 30 heavy (non-hydrogen) atoms. The summed E-state index contributed by atoms with van der Waals surface area (Å²) in [5.41, 5.74) is 4.48. The standard InChI is InChI=1S/C23H20INO4S/c1-28-19-9-5-4-8-17(19)21(26)25-22-20(23(27)29-24)18(13-30-22)16-11-10-14-6-2-3-7-15(14)12-16/h2-9,13,16H,10-12H2,1H3,(H,25,26). The number of rotatable bonds is 5. The summed E-state index contributed by atoms with van der Waals surface area (Å²) < 4.78 is 10.3. The lowest BCUT2D eigenvalue weighted by Crippen LogP contribution is -2.17. The molecule has 1 aliphatic carbocycles. The van der Waals surface area contributed by atoms with Gasteiger partial charge in [0.15, 0.2) is 23.0 Å². The highest BCUT2D eigenvalue weighted by atomic mass is 127. The zero-order valence-corrected chi connectivity index (χ0v) is 19.3. The molecule has 7 heteroatoms. The Morgan fingerprint density at radius 3 is 2.60 bits per heavy atom. The Balaban J connectivity index is 1.65. The smallest absolute Gasteiger partial charge is 0.350 e. The molecule has 1 aromatic heterocycles. The lowest BCUT2D eigenvalue weighted by molar-refractivity contribution is 0.0800. The minimum Gasteiger partial charge on any atom is -0.496 e. The van der Waals surface area contributed by atoms with Crippen molar-refractivity contribution >= 4 is 51.2 Å². The predicted molar refractivity (Wildman–Crippen MR) is 126 cm³/mol. The average Bonchev–Trinajstić information content (AvgIpc) is 3.21. The van der Waals surface area contributed by atoms with Crippen LogP contribution in [0.2, 0.25) is 0 Å². The number of amides is 1. The molecule has 1 heterocycles. The third kappa shape index (κ3) is 4.09. The normalized spacial score (nSPS) is 15.2. The third-order valence-corrected chi connectivity index (χ3v) is 6.77. The summed E-state index contributed by atoms with van der Waals surface area (Å²) in [5.74, 6) is -0.0781. The largest absolute Gasteiger partial charge is 0.496 e. The number of benzene rings is 2. The van der Waals surface area contributed by atoms with Gasteiger partial charge in [-0.15, -0.1) is 11.3 Å². The molecule has 1 amide bonds. The Labute approximate surface area is 193 Å². The third-order valence-electron chi connectivity index (χ3n) is 5.46. The molecular weight excluding hydrogens is 513 g/mol. The molecule has 1 unspecified atom stereocenters. The first-order chi connectivity index (χ1) is 14.6. The Kier molecular flexibility index (Phi) is 6.38. The molecule has 0 saturated carbocycles. The van der Waals surface area contributed by atoms with Gasteiger partial charge >= 0.3 is 5.97 Å². The summed E-state index contributed by atoms with van der Waals surface area (Å²) in [6, 6.07) is 15.4. The number of anilines is 1. The second kappa shape index (κ2) is 9.18. The van der Waals surface area contributed by atoms with Crippen molar-refractivity contribution in [2.24, 2.45) is 0 Å². The maximum Gasteiger partial charge on any atom is 0.350 e. The van der Waals surface area contributed by atoms with Gasteiger partial charge in [0.25, 0.3) is 5.91 Å². The fraction of sp³-hybridized carbons (Fsp3) is 0.217. The second-order valence-corrected chi connectivity index (χ2v) is 8.44. The lowest BCUT2D eigenvalue weighted by atomic mass is 9.80. The van der Waals surface area contributed by atoms with E-state index in [-0.39, 0.29) is 11.8 Å². The molecule has 0 saturated heterocycles. The summed E-state index contributed by atoms with van der Waals surface area (Å²) >= 11 is 2.95. The molecule has 1 aliphatic rings. The van der Waals surface area contributed by atoms with Crippen molar-refractivity contribution < 1.29 is 17.4 Å². The summed E-state index contributed by atoms with van der Waals surface area (Å²) in [6.45, 7) is 0. The van der Waals surface area contributed by atoms with Crippen LogP contribution >= 0.6 is 34.3 Å². The zero-order valence-electron chi connectivity index (χ0n) is 16.3. The molecule has 5 nitrogen and oxygen atoms in total. The van der Waals surface area contributed by atoms with E-state index < -0.39 is 5.97 Å². The van der Waals surface area contributed by atoms with Gasteiger partial charge < -0.3 is 13.1 Å². The number of hydrogen-bond donors (Lipinski definition) is 1. The molecule has 0 aliphatic heterocycles. The van der Waals surface area contributed by atoms with E-state index in [0.29, 0.717) is 21.9 Å². The molecular formula is C23H20INO4S. The predicted octanol–water partition coefficient (Wildman–Crippen LogP) is 5.79. The number of ether oxygens (including phenoxy) is 1. The van der Waals surface area contributed by atoms with Crippen molar-refractivity contribution in [2.75, 3.05) is 12.4 Å². The van der Waals surface area contributed by atoms with Crippen molar-refractivity contribution in [1.82, 2.24) is 0 Å². The van der Waals surface area contributed by atoms with Crippen LogP contribution in [0.25, 0.3) is 0 Å². The number of nitrogens with one attached hydrogen (secondary N) is 1. The number of fused-ring (bicyclic) bond motifs is 1. The monoisotopic (exact) mass is 533 g/mol. The Bertz CT molecular complexity index is 1090. The molecule has 4 rings (SSSR count). The zero-order chi connectivity index (χ0) is 21.1. The van der Waals surface area contributed by atoms with E-state index in [2.05, 4.69) is 23.5 Å². The summed E-state index contributed by atoms with van der Waals surface area (Å²) in [7, 11) is 1.52. The lowest BCUT2D eigenvalue weighted by Gasteiger charge is -2.25.